The molecule has 1 heterocycles. The first kappa shape index (κ1) is 21.4. The van der Waals surface area contributed by atoms with E-state index in [0.717, 1.165) is 4.57 Å². The van der Waals surface area contributed by atoms with Crippen molar-refractivity contribution in [3.8, 4) is 0 Å². The number of anilines is 1. The predicted molar refractivity (Wildman–Crippen MR) is 108 cm³/mol. The van der Waals surface area contributed by atoms with Crippen molar-refractivity contribution in [2.75, 3.05) is 12.4 Å². The van der Waals surface area contributed by atoms with Gasteiger partial charge in [-0.05, 0) is 56.7 Å². The topological polar surface area (TPSA) is 76.0 Å². The molecule has 0 unspecified atom stereocenters. The standard InChI is InChI=1S/C21H21F3N4O2/c1-11(2)28-17-9-8-13(10-16(17)27-20(28)21(22,23)24)18(29)26-15-7-5-6-14(12(15)3)19(30)25-4/h5-11H,1-4H3,(H,25,30)(H,26,29). The molecular formula is C21H21F3N4O2. The molecule has 2 N–H and O–H groups in total. The van der Waals surface area contributed by atoms with Crippen molar-refractivity contribution in [2.24, 2.45) is 0 Å². The number of nitrogens with zero attached hydrogens (tertiary/aromatic N) is 2. The molecule has 0 aliphatic carbocycles. The summed E-state index contributed by atoms with van der Waals surface area (Å²) < 4.78 is 41.2. The molecule has 3 rings (SSSR count). The molecule has 0 fully saturated rings. The van der Waals surface area contributed by atoms with Gasteiger partial charge in [0.15, 0.2) is 0 Å². The first-order valence-electron chi connectivity index (χ1n) is 9.26. The zero-order valence-electron chi connectivity index (χ0n) is 16.9. The lowest BCUT2D eigenvalue weighted by molar-refractivity contribution is -0.147. The second kappa shape index (κ2) is 7.81. The highest BCUT2D eigenvalue weighted by molar-refractivity contribution is 6.07. The Labute approximate surface area is 171 Å². The molecule has 0 spiro atoms. The average molecular weight is 418 g/mol. The van der Waals surface area contributed by atoms with E-state index in [4.69, 9.17) is 0 Å². The van der Waals surface area contributed by atoms with Gasteiger partial charge in [-0.3, -0.25) is 9.59 Å². The Morgan fingerprint density at radius 3 is 2.40 bits per heavy atom. The summed E-state index contributed by atoms with van der Waals surface area (Å²) in [6, 6.07) is 8.70. The Morgan fingerprint density at radius 2 is 1.80 bits per heavy atom. The maximum atomic E-state index is 13.4. The number of alkyl halides is 3. The monoisotopic (exact) mass is 418 g/mol. The van der Waals surface area contributed by atoms with Crippen LogP contribution in [0.2, 0.25) is 0 Å². The van der Waals surface area contributed by atoms with Gasteiger partial charge >= 0.3 is 6.18 Å². The molecule has 6 nitrogen and oxygen atoms in total. The van der Waals surface area contributed by atoms with Crippen LogP contribution in [0.5, 0.6) is 0 Å². The highest BCUT2D eigenvalue weighted by Crippen LogP contribution is 2.34. The van der Waals surface area contributed by atoms with Gasteiger partial charge in [-0.15, -0.1) is 0 Å². The Kier molecular flexibility index (Phi) is 5.56. The summed E-state index contributed by atoms with van der Waals surface area (Å²) in [6.45, 7) is 4.97. The third kappa shape index (κ3) is 3.87. The second-order valence-corrected chi connectivity index (χ2v) is 7.11. The number of imidazole rings is 1. The van der Waals surface area contributed by atoms with E-state index in [-0.39, 0.29) is 17.0 Å². The van der Waals surface area contributed by atoms with E-state index in [0.29, 0.717) is 22.3 Å². The summed E-state index contributed by atoms with van der Waals surface area (Å²) in [5, 5.41) is 5.24. The zero-order chi connectivity index (χ0) is 22.2. The van der Waals surface area contributed by atoms with Gasteiger partial charge in [-0.1, -0.05) is 6.07 Å². The normalized spacial score (nSPS) is 11.7. The number of carbonyl (C=O) groups is 2. The third-order valence-corrected chi connectivity index (χ3v) is 4.78. The molecule has 9 heteroatoms. The minimum Gasteiger partial charge on any atom is -0.355 e. The van der Waals surface area contributed by atoms with Crippen LogP contribution >= 0.6 is 0 Å². The van der Waals surface area contributed by atoms with Gasteiger partial charge in [-0.25, -0.2) is 4.98 Å². The number of carbonyl (C=O) groups excluding carboxylic acids is 2. The summed E-state index contributed by atoms with van der Waals surface area (Å²) in [5.41, 5.74) is 1.97. The summed E-state index contributed by atoms with van der Waals surface area (Å²) in [4.78, 5) is 28.4. The maximum Gasteiger partial charge on any atom is 0.449 e. The zero-order valence-corrected chi connectivity index (χ0v) is 16.9. The van der Waals surface area contributed by atoms with E-state index < -0.39 is 23.9 Å². The Bertz CT molecular complexity index is 1130. The van der Waals surface area contributed by atoms with Crippen molar-refractivity contribution < 1.29 is 22.8 Å². The molecule has 2 aromatic carbocycles. The van der Waals surface area contributed by atoms with E-state index in [1.165, 1.54) is 25.2 Å². The molecule has 0 radical (unpaired) electrons. The molecule has 30 heavy (non-hydrogen) atoms. The second-order valence-electron chi connectivity index (χ2n) is 7.11. The number of benzene rings is 2. The number of amides is 2. The van der Waals surface area contributed by atoms with Gasteiger partial charge in [-0.2, -0.15) is 13.2 Å². The molecule has 0 saturated carbocycles. The van der Waals surface area contributed by atoms with Gasteiger partial charge in [0, 0.05) is 29.9 Å². The van der Waals surface area contributed by atoms with Crippen molar-refractivity contribution in [1.29, 1.82) is 0 Å². The SMILES string of the molecule is CNC(=O)c1cccc(NC(=O)c2ccc3c(c2)nc(C(F)(F)F)n3C(C)C)c1C. The Morgan fingerprint density at radius 1 is 1.10 bits per heavy atom. The molecule has 0 atom stereocenters. The van der Waals surface area contributed by atoms with Gasteiger partial charge < -0.3 is 15.2 Å². The smallest absolute Gasteiger partial charge is 0.355 e. The minimum absolute atomic E-state index is 0.0829. The molecule has 158 valence electrons. The highest BCUT2D eigenvalue weighted by Gasteiger charge is 2.38. The number of hydrogen-bond acceptors (Lipinski definition) is 3. The van der Waals surface area contributed by atoms with Crippen LogP contribution in [0.25, 0.3) is 11.0 Å². The quantitative estimate of drug-likeness (QED) is 0.652. The molecular weight excluding hydrogens is 397 g/mol. The number of hydrogen-bond donors (Lipinski definition) is 2. The molecule has 0 aliphatic heterocycles. The van der Waals surface area contributed by atoms with E-state index in [9.17, 15) is 22.8 Å². The van der Waals surface area contributed by atoms with Crippen LogP contribution < -0.4 is 10.6 Å². The fourth-order valence-electron chi connectivity index (χ4n) is 3.31. The number of rotatable bonds is 4. The van der Waals surface area contributed by atoms with Gasteiger partial charge in [0.1, 0.15) is 0 Å². The first-order valence-corrected chi connectivity index (χ1v) is 9.26. The van der Waals surface area contributed by atoms with Gasteiger partial charge in [0.25, 0.3) is 11.8 Å². The van der Waals surface area contributed by atoms with E-state index in [1.807, 2.05) is 0 Å². The fourth-order valence-corrected chi connectivity index (χ4v) is 3.31. The van der Waals surface area contributed by atoms with Crippen LogP contribution in [0.4, 0.5) is 18.9 Å². The largest absolute Gasteiger partial charge is 0.449 e. The van der Waals surface area contributed by atoms with Crippen molar-refractivity contribution in [1.82, 2.24) is 14.9 Å². The lowest BCUT2D eigenvalue weighted by Gasteiger charge is -2.14. The predicted octanol–water partition coefficient (Wildman–Crippen LogP) is 4.56. The molecule has 0 aliphatic rings. The van der Waals surface area contributed by atoms with E-state index in [1.54, 1.807) is 39.0 Å². The van der Waals surface area contributed by atoms with Crippen LogP contribution in [0.3, 0.4) is 0 Å². The van der Waals surface area contributed by atoms with Crippen molar-refractivity contribution in [2.45, 2.75) is 33.0 Å². The van der Waals surface area contributed by atoms with Gasteiger partial charge in [0.2, 0.25) is 5.82 Å². The van der Waals surface area contributed by atoms with Crippen molar-refractivity contribution >= 4 is 28.5 Å². The van der Waals surface area contributed by atoms with Crippen molar-refractivity contribution in [3.05, 3.63) is 58.9 Å². The van der Waals surface area contributed by atoms with E-state index >= 15 is 0 Å². The molecule has 1 aromatic heterocycles. The third-order valence-electron chi connectivity index (χ3n) is 4.78. The summed E-state index contributed by atoms with van der Waals surface area (Å²) in [6.07, 6.45) is -4.61. The molecule has 0 saturated heterocycles. The lowest BCUT2D eigenvalue weighted by Crippen LogP contribution is -2.20. The van der Waals surface area contributed by atoms with Gasteiger partial charge in [0.05, 0.1) is 11.0 Å². The summed E-state index contributed by atoms with van der Waals surface area (Å²) in [7, 11) is 1.51. The van der Waals surface area contributed by atoms with Crippen LogP contribution in [0.1, 0.15) is 52.0 Å². The lowest BCUT2D eigenvalue weighted by atomic mass is 10.1. The highest BCUT2D eigenvalue weighted by atomic mass is 19.4. The first-order chi connectivity index (χ1) is 14.0. The fraction of sp³-hybridized carbons (Fsp3) is 0.286. The number of halogens is 3. The number of nitrogens with one attached hydrogen (secondary N) is 2. The minimum atomic E-state index is -4.61. The van der Waals surface area contributed by atoms with E-state index in [2.05, 4.69) is 15.6 Å². The number of fused-ring (bicyclic) bond motifs is 1. The van der Waals surface area contributed by atoms with Crippen LogP contribution in [-0.2, 0) is 6.18 Å². The summed E-state index contributed by atoms with van der Waals surface area (Å²) in [5.74, 6) is -1.80. The molecule has 0 bridgehead atoms. The number of aromatic nitrogens is 2. The molecule has 2 amide bonds. The molecule has 3 aromatic rings. The maximum absolute atomic E-state index is 13.4. The van der Waals surface area contributed by atoms with Crippen LogP contribution in [0, 0.1) is 6.92 Å². The average Bonchev–Trinajstić information content (AvgIpc) is 3.08. The van der Waals surface area contributed by atoms with Crippen molar-refractivity contribution in [3.63, 3.8) is 0 Å². The Balaban J connectivity index is 1.98. The Hall–Kier alpha value is -3.36. The summed E-state index contributed by atoms with van der Waals surface area (Å²) >= 11 is 0. The van der Waals surface area contributed by atoms with Crippen LogP contribution in [-0.4, -0.2) is 28.4 Å². The van der Waals surface area contributed by atoms with Crippen LogP contribution in [0.15, 0.2) is 36.4 Å².